The molecule has 2 aromatic heterocycles. The fourth-order valence-electron chi connectivity index (χ4n) is 2.83. The van der Waals surface area contributed by atoms with Crippen LogP contribution in [0.2, 0.25) is 0 Å². The predicted molar refractivity (Wildman–Crippen MR) is 107 cm³/mol. The van der Waals surface area contributed by atoms with Crippen molar-refractivity contribution in [2.45, 2.75) is 13.0 Å². The highest BCUT2D eigenvalue weighted by Crippen LogP contribution is 2.21. The number of benzene rings is 2. The first-order valence-electron chi connectivity index (χ1n) is 8.79. The minimum Gasteiger partial charge on any atom is -0.486 e. The zero-order valence-electron chi connectivity index (χ0n) is 14.7. The van der Waals surface area contributed by atoms with Crippen molar-refractivity contribution in [3.63, 3.8) is 0 Å². The lowest BCUT2D eigenvalue weighted by Crippen LogP contribution is -2.25. The molecule has 0 unspecified atom stereocenters. The summed E-state index contributed by atoms with van der Waals surface area (Å²) in [5.41, 5.74) is 0. The van der Waals surface area contributed by atoms with E-state index in [1.165, 1.54) is 10.3 Å². The van der Waals surface area contributed by atoms with E-state index in [2.05, 4.69) is 17.4 Å². The molecule has 4 rings (SSSR count). The van der Waals surface area contributed by atoms with E-state index in [0.717, 1.165) is 17.6 Å². The van der Waals surface area contributed by atoms with Crippen molar-refractivity contribution in [3.05, 3.63) is 88.5 Å². The normalized spacial score (nSPS) is 10.8. The summed E-state index contributed by atoms with van der Waals surface area (Å²) in [4.78, 5) is 13.4. The minimum atomic E-state index is -0.205. The molecule has 0 saturated heterocycles. The quantitative estimate of drug-likeness (QED) is 0.490. The lowest BCUT2D eigenvalue weighted by Gasteiger charge is -2.06. The Morgan fingerprint density at radius 1 is 1.00 bits per heavy atom. The summed E-state index contributed by atoms with van der Waals surface area (Å²) in [6.07, 6.45) is 0.821. The molecule has 0 saturated carbocycles. The second kappa shape index (κ2) is 8.10. The maximum atomic E-state index is 12.2. The third kappa shape index (κ3) is 4.38. The number of carbonyl (C=O) groups is 1. The molecule has 2 aromatic carbocycles. The Balaban J connectivity index is 1.31. The highest BCUT2D eigenvalue weighted by atomic mass is 32.1. The first-order valence-corrected chi connectivity index (χ1v) is 9.67. The number of nitrogens with one attached hydrogen (secondary N) is 1. The number of thiophene rings is 1. The summed E-state index contributed by atoms with van der Waals surface area (Å²) in [7, 11) is 0. The van der Waals surface area contributed by atoms with Gasteiger partial charge in [-0.3, -0.25) is 4.79 Å². The first-order chi connectivity index (χ1) is 13.3. The second-order valence-corrected chi connectivity index (χ2v) is 7.18. The van der Waals surface area contributed by atoms with Crippen LogP contribution in [0, 0.1) is 0 Å². The van der Waals surface area contributed by atoms with Gasteiger partial charge < -0.3 is 14.5 Å². The van der Waals surface area contributed by atoms with E-state index in [0.29, 0.717) is 18.1 Å². The Hall–Kier alpha value is -3.05. The fraction of sp³-hybridized carbons (Fsp3) is 0.136. The minimum absolute atomic E-state index is 0.205. The molecule has 0 aliphatic heterocycles. The van der Waals surface area contributed by atoms with Gasteiger partial charge in [0.1, 0.15) is 18.1 Å². The van der Waals surface area contributed by atoms with Crippen molar-refractivity contribution in [2.24, 2.45) is 0 Å². The highest BCUT2D eigenvalue weighted by Gasteiger charge is 2.11. The van der Waals surface area contributed by atoms with Gasteiger partial charge in [-0.1, -0.05) is 36.4 Å². The lowest BCUT2D eigenvalue weighted by molar-refractivity contribution is 0.0922. The van der Waals surface area contributed by atoms with Crippen LogP contribution in [0.1, 0.15) is 21.2 Å². The monoisotopic (exact) mass is 377 g/mol. The lowest BCUT2D eigenvalue weighted by atomic mass is 10.1. The van der Waals surface area contributed by atoms with Crippen LogP contribution in [-0.2, 0) is 13.0 Å². The molecule has 0 atom stereocenters. The van der Waals surface area contributed by atoms with Gasteiger partial charge in [-0.15, -0.1) is 11.3 Å². The van der Waals surface area contributed by atoms with Gasteiger partial charge in [0, 0.05) is 11.4 Å². The van der Waals surface area contributed by atoms with Gasteiger partial charge in [-0.25, -0.2) is 0 Å². The summed E-state index contributed by atoms with van der Waals surface area (Å²) in [5, 5.41) is 7.21. The first kappa shape index (κ1) is 17.4. The molecule has 4 nitrogen and oxygen atoms in total. The average molecular weight is 377 g/mol. The highest BCUT2D eigenvalue weighted by molar-refractivity contribution is 7.09. The number of amides is 1. The molecule has 4 aromatic rings. The zero-order valence-corrected chi connectivity index (χ0v) is 15.5. The van der Waals surface area contributed by atoms with Crippen molar-refractivity contribution >= 4 is 28.0 Å². The molecule has 0 fully saturated rings. The van der Waals surface area contributed by atoms with E-state index in [1.54, 1.807) is 23.5 Å². The molecule has 136 valence electrons. The van der Waals surface area contributed by atoms with Crippen LogP contribution in [0.3, 0.4) is 0 Å². The summed E-state index contributed by atoms with van der Waals surface area (Å²) < 4.78 is 11.4. The van der Waals surface area contributed by atoms with Crippen LogP contribution < -0.4 is 10.1 Å². The summed E-state index contributed by atoms with van der Waals surface area (Å²) in [6.45, 7) is 0.865. The van der Waals surface area contributed by atoms with Crippen LogP contribution >= 0.6 is 11.3 Å². The van der Waals surface area contributed by atoms with Gasteiger partial charge in [0.15, 0.2) is 5.76 Å². The third-order valence-electron chi connectivity index (χ3n) is 4.22. The van der Waals surface area contributed by atoms with Gasteiger partial charge in [0.25, 0.3) is 5.91 Å². The van der Waals surface area contributed by atoms with E-state index >= 15 is 0 Å². The van der Waals surface area contributed by atoms with Crippen molar-refractivity contribution in [3.8, 4) is 5.75 Å². The standard InChI is InChI=1S/C22H19NO3S/c24-22(23-12-11-20-6-3-13-27-20)21-10-9-19(26-21)15-25-18-8-7-16-4-1-2-5-17(16)14-18/h1-10,13-14H,11-12,15H2,(H,23,24). The number of furan rings is 1. The van der Waals surface area contributed by atoms with E-state index in [9.17, 15) is 4.79 Å². The van der Waals surface area contributed by atoms with E-state index in [-0.39, 0.29) is 12.5 Å². The maximum absolute atomic E-state index is 12.2. The molecule has 0 aliphatic carbocycles. The number of rotatable bonds is 7. The topological polar surface area (TPSA) is 51.5 Å². The molecule has 2 heterocycles. The Kier molecular flexibility index (Phi) is 5.21. The molecule has 27 heavy (non-hydrogen) atoms. The average Bonchev–Trinajstić information content (AvgIpc) is 3.38. The Labute approximate surface area is 161 Å². The second-order valence-electron chi connectivity index (χ2n) is 6.15. The molecule has 1 amide bonds. The number of fused-ring (bicyclic) bond motifs is 1. The molecule has 0 bridgehead atoms. The SMILES string of the molecule is O=C(NCCc1cccs1)c1ccc(COc2ccc3ccccc3c2)o1. The van der Waals surface area contributed by atoms with Crippen LogP contribution in [-0.4, -0.2) is 12.5 Å². The Bertz CT molecular complexity index is 1040. The Morgan fingerprint density at radius 2 is 1.89 bits per heavy atom. The smallest absolute Gasteiger partial charge is 0.287 e. The Morgan fingerprint density at radius 3 is 2.74 bits per heavy atom. The summed E-state index contributed by atoms with van der Waals surface area (Å²) >= 11 is 1.69. The van der Waals surface area contributed by atoms with Gasteiger partial charge >= 0.3 is 0 Å². The van der Waals surface area contributed by atoms with Crippen LogP contribution in [0.4, 0.5) is 0 Å². The molecule has 1 N–H and O–H groups in total. The molecular formula is C22H19NO3S. The summed E-state index contributed by atoms with van der Waals surface area (Å²) in [5.74, 6) is 1.49. The van der Waals surface area contributed by atoms with E-state index in [1.807, 2.05) is 47.8 Å². The van der Waals surface area contributed by atoms with Gasteiger partial charge in [0.05, 0.1) is 0 Å². The summed E-state index contributed by atoms with van der Waals surface area (Å²) in [6, 6.07) is 21.6. The maximum Gasteiger partial charge on any atom is 0.287 e. The van der Waals surface area contributed by atoms with Gasteiger partial charge in [-0.2, -0.15) is 0 Å². The van der Waals surface area contributed by atoms with E-state index < -0.39 is 0 Å². The van der Waals surface area contributed by atoms with Crippen molar-refractivity contribution in [1.29, 1.82) is 0 Å². The van der Waals surface area contributed by atoms with Crippen LogP contribution in [0.15, 0.2) is 76.5 Å². The third-order valence-corrected chi connectivity index (χ3v) is 5.16. The van der Waals surface area contributed by atoms with Crippen molar-refractivity contribution in [2.75, 3.05) is 6.54 Å². The number of hydrogen-bond acceptors (Lipinski definition) is 4. The van der Waals surface area contributed by atoms with Crippen molar-refractivity contribution in [1.82, 2.24) is 5.32 Å². The van der Waals surface area contributed by atoms with E-state index in [4.69, 9.17) is 9.15 Å². The van der Waals surface area contributed by atoms with Crippen LogP contribution in [0.5, 0.6) is 5.75 Å². The number of hydrogen-bond donors (Lipinski definition) is 1. The fourth-order valence-corrected chi connectivity index (χ4v) is 3.54. The van der Waals surface area contributed by atoms with Crippen molar-refractivity contribution < 1.29 is 13.9 Å². The molecule has 5 heteroatoms. The molecule has 0 aliphatic rings. The predicted octanol–water partition coefficient (Wildman–Crippen LogP) is 5.05. The van der Waals surface area contributed by atoms with Gasteiger partial charge in [-0.05, 0) is 52.9 Å². The molecular weight excluding hydrogens is 358 g/mol. The molecule has 0 radical (unpaired) electrons. The number of ether oxygens (including phenoxy) is 1. The number of carbonyl (C=O) groups excluding carboxylic acids is 1. The van der Waals surface area contributed by atoms with Crippen LogP contribution in [0.25, 0.3) is 10.8 Å². The molecule has 0 spiro atoms. The zero-order chi connectivity index (χ0) is 18.5. The van der Waals surface area contributed by atoms with Gasteiger partial charge in [0.2, 0.25) is 0 Å². The largest absolute Gasteiger partial charge is 0.486 e.